The van der Waals surface area contributed by atoms with E-state index in [-0.39, 0.29) is 12.1 Å². The molecule has 82 valence electrons. The van der Waals surface area contributed by atoms with Gasteiger partial charge in [0.15, 0.2) is 0 Å². The fourth-order valence-corrected chi connectivity index (χ4v) is 2.16. The molecule has 0 radical (unpaired) electrons. The van der Waals surface area contributed by atoms with Crippen LogP contribution in [0, 0.1) is 6.92 Å². The van der Waals surface area contributed by atoms with E-state index >= 15 is 0 Å². The first kappa shape index (κ1) is 10.7. The SMILES string of the molecule is Cc1ccccc1CC(N)C1CCCO1. The number of ether oxygens (including phenoxy) is 1. The molecular formula is C13H19NO. The van der Waals surface area contributed by atoms with Crippen LogP contribution in [0.5, 0.6) is 0 Å². The van der Waals surface area contributed by atoms with Crippen molar-refractivity contribution in [2.75, 3.05) is 6.61 Å². The predicted octanol–water partition coefficient (Wildman–Crippen LogP) is 2.04. The number of aryl methyl sites for hydroxylation is 1. The van der Waals surface area contributed by atoms with Gasteiger partial charge in [-0.3, -0.25) is 0 Å². The Bertz CT molecular complexity index is 318. The van der Waals surface area contributed by atoms with E-state index < -0.39 is 0 Å². The third kappa shape index (κ3) is 2.58. The Kier molecular flexibility index (Phi) is 3.39. The van der Waals surface area contributed by atoms with Crippen LogP contribution in [0.25, 0.3) is 0 Å². The third-order valence-electron chi connectivity index (χ3n) is 3.16. The molecule has 0 saturated carbocycles. The number of rotatable bonds is 3. The molecule has 1 fully saturated rings. The molecule has 0 amide bonds. The van der Waals surface area contributed by atoms with Crippen LogP contribution < -0.4 is 5.73 Å². The molecule has 0 spiro atoms. The summed E-state index contributed by atoms with van der Waals surface area (Å²) < 4.78 is 5.60. The molecule has 1 saturated heterocycles. The zero-order valence-electron chi connectivity index (χ0n) is 9.28. The summed E-state index contributed by atoms with van der Waals surface area (Å²) in [5, 5.41) is 0. The van der Waals surface area contributed by atoms with Gasteiger partial charge in [0.2, 0.25) is 0 Å². The molecule has 1 aromatic rings. The minimum absolute atomic E-state index is 0.147. The van der Waals surface area contributed by atoms with Crippen molar-refractivity contribution in [1.82, 2.24) is 0 Å². The second kappa shape index (κ2) is 4.77. The molecule has 2 N–H and O–H groups in total. The lowest BCUT2D eigenvalue weighted by molar-refractivity contribution is 0.0900. The van der Waals surface area contributed by atoms with Crippen molar-refractivity contribution in [1.29, 1.82) is 0 Å². The summed E-state index contributed by atoms with van der Waals surface area (Å²) in [6.07, 6.45) is 3.47. The van der Waals surface area contributed by atoms with Crippen molar-refractivity contribution in [2.24, 2.45) is 5.73 Å². The Labute approximate surface area is 91.4 Å². The van der Waals surface area contributed by atoms with Crippen molar-refractivity contribution in [3.63, 3.8) is 0 Å². The summed E-state index contributed by atoms with van der Waals surface area (Å²) in [6, 6.07) is 8.58. The van der Waals surface area contributed by atoms with Gasteiger partial charge in [0.25, 0.3) is 0 Å². The van der Waals surface area contributed by atoms with Gasteiger partial charge in [-0.1, -0.05) is 24.3 Å². The van der Waals surface area contributed by atoms with Crippen molar-refractivity contribution in [3.05, 3.63) is 35.4 Å². The number of hydrogen-bond donors (Lipinski definition) is 1. The number of benzene rings is 1. The molecule has 2 unspecified atom stereocenters. The third-order valence-corrected chi connectivity index (χ3v) is 3.16. The highest BCUT2D eigenvalue weighted by atomic mass is 16.5. The van der Waals surface area contributed by atoms with Crippen molar-refractivity contribution in [3.8, 4) is 0 Å². The number of hydrogen-bond acceptors (Lipinski definition) is 2. The summed E-state index contributed by atoms with van der Waals surface area (Å²) in [5.74, 6) is 0. The monoisotopic (exact) mass is 205 g/mol. The fraction of sp³-hybridized carbons (Fsp3) is 0.538. The normalized spacial score (nSPS) is 22.9. The van der Waals surface area contributed by atoms with E-state index in [0.717, 1.165) is 25.9 Å². The molecule has 0 aliphatic carbocycles. The van der Waals surface area contributed by atoms with E-state index in [2.05, 4.69) is 31.2 Å². The molecular weight excluding hydrogens is 186 g/mol. The molecule has 2 atom stereocenters. The predicted molar refractivity (Wildman–Crippen MR) is 61.8 cm³/mol. The second-order valence-corrected chi connectivity index (χ2v) is 4.35. The minimum Gasteiger partial charge on any atom is -0.377 e. The Morgan fingerprint density at radius 2 is 2.27 bits per heavy atom. The van der Waals surface area contributed by atoms with Crippen LogP contribution in [0.3, 0.4) is 0 Å². The van der Waals surface area contributed by atoms with E-state index in [1.807, 2.05) is 0 Å². The van der Waals surface area contributed by atoms with Gasteiger partial charge in [-0.15, -0.1) is 0 Å². The average molecular weight is 205 g/mol. The van der Waals surface area contributed by atoms with Crippen molar-refractivity contribution in [2.45, 2.75) is 38.3 Å². The summed E-state index contributed by atoms with van der Waals surface area (Å²) in [4.78, 5) is 0. The first-order valence-electron chi connectivity index (χ1n) is 5.69. The van der Waals surface area contributed by atoms with Gasteiger partial charge in [-0.05, 0) is 37.3 Å². The lowest BCUT2D eigenvalue weighted by Crippen LogP contribution is -2.36. The highest BCUT2D eigenvalue weighted by Crippen LogP contribution is 2.18. The molecule has 0 bridgehead atoms. The van der Waals surface area contributed by atoms with E-state index in [1.54, 1.807) is 0 Å². The van der Waals surface area contributed by atoms with Crippen LogP contribution in [0.1, 0.15) is 24.0 Å². The van der Waals surface area contributed by atoms with Crippen LogP contribution >= 0.6 is 0 Å². The Balaban J connectivity index is 1.99. The molecule has 0 aromatic heterocycles. The zero-order valence-corrected chi connectivity index (χ0v) is 9.28. The van der Waals surface area contributed by atoms with Gasteiger partial charge in [0, 0.05) is 12.6 Å². The Hall–Kier alpha value is -0.860. The van der Waals surface area contributed by atoms with E-state index in [1.165, 1.54) is 11.1 Å². The lowest BCUT2D eigenvalue weighted by atomic mass is 9.97. The average Bonchev–Trinajstić information content (AvgIpc) is 2.74. The Morgan fingerprint density at radius 3 is 2.93 bits per heavy atom. The lowest BCUT2D eigenvalue weighted by Gasteiger charge is -2.19. The van der Waals surface area contributed by atoms with Crippen LogP contribution in [-0.2, 0) is 11.2 Å². The van der Waals surface area contributed by atoms with Crippen LogP contribution in [0.15, 0.2) is 24.3 Å². The molecule has 1 aliphatic rings. The highest BCUT2D eigenvalue weighted by molar-refractivity contribution is 5.26. The summed E-state index contributed by atoms with van der Waals surface area (Å²) in [6.45, 7) is 3.02. The van der Waals surface area contributed by atoms with Crippen molar-refractivity contribution < 1.29 is 4.74 Å². The summed E-state index contributed by atoms with van der Waals surface area (Å²) in [7, 11) is 0. The largest absolute Gasteiger partial charge is 0.377 e. The first-order valence-corrected chi connectivity index (χ1v) is 5.69. The molecule has 2 heteroatoms. The smallest absolute Gasteiger partial charge is 0.0730 e. The Morgan fingerprint density at radius 1 is 1.47 bits per heavy atom. The van der Waals surface area contributed by atoms with E-state index in [4.69, 9.17) is 10.5 Å². The van der Waals surface area contributed by atoms with Gasteiger partial charge in [0.1, 0.15) is 0 Å². The topological polar surface area (TPSA) is 35.2 Å². The van der Waals surface area contributed by atoms with Crippen molar-refractivity contribution >= 4 is 0 Å². The number of nitrogens with two attached hydrogens (primary N) is 1. The maximum absolute atomic E-state index is 6.15. The minimum atomic E-state index is 0.147. The first-order chi connectivity index (χ1) is 7.27. The van der Waals surface area contributed by atoms with Crippen LogP contribution in [0.2, 0.25) is 0 Å². The maximum atomic E-state index is 6.15. The maximum Gasteiger partial charge on any atom is 0.0730 e. The summed E-state index contributed by atoms with van der Waals surface area (Å²) >= 11 is 0. The van der Waals surface area contributed by atoms with E-state index in [9.17, 15) is 0 Å². The van der Waals surface area contributed by atoms with Gasteiger partial charge in [-0.2, -0.15) is 0 Å². The molecule has 1 aromatic carbocycles. The van der Waals surface area contributed by atoms with Gasteiger partial charge >= 0.3 is 0 Å². The highest BCUT2D eigenvalue weighted by Gasteiger charge is 2.23. The van der Waals surface area contributed by atoms with Crippen LogP contribution in [0.4, 0.5) is 0 Å². The van der Waals surface area contributed by atoms with Gasteiger partial charge in [-0.25, -0.2) is 0 Å². The molecule has 2 nitrogen and oxygen atoms in total. The molecule has 1 aliphatic heterocycles. The second-order valence-electron chi connectivity index (χ2n) is 4.35. The molecule has 1 heterocycles. The molecule has 15 heavy (non-hydrogen) atoms. The fourth-order valence-electron chi connectivity index (χ4n) is 2.16. The van der Waals surface area contributed by atoms with Gasteiger partial charge in [0.05, 0.1) is 6.10 Å². The zero-order chi connectivity index (χ0) is 10.7. The quantitative estimate of drug-likeness (QED) is 0.819. The van der Waals surface area contributed by atoms with E-state index in [0.29, 0.717) is 0 Å². The van der Waals surface area contributed by atoms with Gasteiger partial charge < -0.3 is 10.5 Å². The standard InChI is InChI=1S/C13H19NO/c1-10-5-2-3-6-11(10)9-12(14)13-7-4-8-15-13/h2-3,5-6,12-13H,4,7-9,14H2,1H3. The molecule has 2 rings (SSSR count). The van der Waals surface area contributed by atoms with Crippen LogP contribution in [-0.4, -0.2) is 18.8 Å². The summed E-state index contributed by atoms with van der Waals surface area (Å²) in [5.41, 5.74) is 8.83.